The van der Waals surface area contributed by atoms with E-state index in [1.54, 1.807) is 0 Å². The van der Waals surface area contributed by atoms with Crippen LogP contribution in [0.4, 0.5) is 18.9 Å². The summed E-state index contributed by atoms with van der Waals surface area (Å²) in [5.41, 5.74) is 1.40. The van der Waals surface area contributed by atoms with Gasteiger partial charge in [0.15, 0.2) is 6.61 Å². The molecule has 192 valence electrons. The molecule has 0 bridgehead atoms. The second kappa shape index (κ2) is 12.4. The molecule has 1 fully saturated rings. The third-order valence-corrected chi connectivity index (χ3v) is 5.13. The number of anilines is 1. The lowest BCUT2D eigenvalue weighted by Gasteiger charge is -2.12. The van der Waals surface area contributed by atoms with E-state index in [9.17, 15) is 27.6 Å². The second-order valence-electron chi connectivity index (χ2n) is 7.64. The third-order valence-electron chi connectivity index (χ3n) is 4.89. The fourth-order valence-corrected chi connectivity index (χ4v) is 3.35. The number of carbonyl (C=O) groups excluding carboxylic acids is 3. The van der Waals surface area contributed by atoms with E-state index in [4.69, 9.17) is 21.1 Å². The number of alkyl halides is 3. The Morgan fingerprint density at radius 2 is 1.97 bits per heavy atom. The van der Waals surface area contributed by atoms with Crippen molar-refractivity contribution >= 4 is 41.2 Å². The van der Waals surface area contributed by atoms with E-state index >= 15 is 0 Å². The van der Waals surface area contributed by atoms with Gasteiger partial charge in [-0.15, -0.1) is 0 Å². The number of benzene rings is 2. The lowest BCUT2D eigenvalue weighted by molar-refractivity contribution is -0.139. The van der Waals surface area contributed by atoms with Crippen LogP contribution in [0.2, 0.25) is 5.02 Å². The van der Waals surface area contributed by atoms with E-state index in [2.05, 4.69) is 21.2 Å². The molecule has 1 heterocycles. The van der Waals surface area contributed by atoms with E-state index in [1.165, 1.54) is 30.3 Å². The zero-order chi connectivity index (χ0) is 26.1. The van der Waals surface area contributed by atoms with Crippen molar-refractivity contribution in [2.24, 2.45) is 5.10 Å². The van der Waals surface area contributed by atoms with E-state index in [-0.39, 0.29) is 29.6 Å². The summed E-state index contributed by atoms with van der Waals surface area (Å²) in [6.07, 6.45) is -1.81. The van der Waals surface area contributed by atoms with Gasteiger partial charge in [-0.2, -0.15) is 18.3 Å². The Bertz CT molecular complexity index is 1140. The van der Waals surface area contributed by atoms with Gasteiger partial charge in [0.05, 0.1) is 17.9 Å². The van der Waals surface area contributed by atoms with Crippen molar-refractivity contribution in [1.82, 2.24) is 10.7 Å². The van der Waals surface area contributed by atoms with Gasteiger partial charge in [-0.3, -0.25) is 14.4 Å². The molecular weight excluding hydrogens is 505 g/mol. The molecule has 1 saturated heterocycles. The van der Waals surface area contributed by atoms with Crippen molar-refractivity contribution in [3.63, 3.8) is 0 Å². The van der Waals surface area contributed by atoms with E-state index < -0.39 is 36.1 Å². The number of hydrogen-bond donors (Lipinski definition) is 3. The van der Waals surface area contributed by atoms with Gasteiger partial charge in [-0.05, 0) is 49.2 Å². The van der Waals surface area contributed by atoms with E-state index in [1.807, 2.05) is 0 Å². The van der Waals surface area contributed by atoms with Crippen LogP contribution < -0.4 is 20.8 Å². The first-order chi connectivity index (χ1) is 17.1. The number of hydrogen-bond acceptors (Lipinski definition) is 6. The first kappa shape index (κ1) is 27.0. The molecular formula is C23H22ClF3N4O5. The van der Waals surface area contributed by atoms with Crippen LogP contribution in [-0.2, 0) is 25.3 Å². The first-order valence-corrected chi connectivity index (χ1v) is 11.1. The monoisotopic (exact) mass is 526 g/mol. The smallest absolute Gasteiger partial charge is 0.416 e. The second-order valence-corrected chi connectivity index (χ2v) is 8.08. The molecule has 0 aliphatic carbocycles. The maximum absolute atomic E-state index is 12.8. The highest BCUT2D eigenvalue weighted by atomic mass is 35.5. The van der Waals surface area contributed by atoms with Crippen LogP contribution in [0.15, 0.2) is 47.6 Å². The highest BCUT2D eigenvalue weighted by molar-refractivity contribution is 6.35. The number of nitrogens with one attached hydrogen (secondary N) is 3. The summed E-state index contributed by atoms with van der Waals surface area (Å²) in [6.45, 7) is 0.301. The van der Waals surface area contributed by atoms with Gasteiger partial charge in [0.2, 0.25) is 0 Å². The molecule has 2 aromatic rings. The maximum Gasteiger partial charge on any atom is 0.416 e. The molecule has 2 aromatic carbocycles. The Labute approximate surface area is 209 Å². The van der Waals surface area contributed by atoms with Gasteiger partial charge in [0.1, 0.15) is 5.75 Å². The number of nitrogens with zero attached hydrogens (tertiary/aromatic N) is 1. The molecule has 3 amide bonds. The number of carbonyl (C=O) groups is 3. The third kappa shape index (κ3) is 8.24. The number of halogens is 4. The summed E-state index contributed by atoms with van der Waals surface area (Å²) < 4.78 is 49.3. The molecule has 0 spiro atoms. The van der Waals surface area contributed by atoms with Crippen LogP contribution in [0.5, 0.6) is 5.75 Å². The summed E-state index contributed by atoms with van der Waals surface area (Å²) >= 11 is 5.98. The predicted molar refractivity (Wildman–Crippen MR) is 125 cm³/mol. The number of rotatable bonds is 8. The molecule has 1 atom stereocenters. The fraction of sp³-hybridized carbons (Fsp3) is 0.304. The number of ether oxygens (including phenoxy) is 2. The summed E-state index contributed by atoms with van der Waals surface area (Å²) in [5.74, 6) is -2.42. The summed E-state index contributed by atoms with van der Waals surface area (Å²) in [7, 11) is 0. The van der Waals surface area contributed by atoms with Crippen molar-refractivity contribution in [1.29, 1.82) is 0 Å². The Morgan fingerprint density at radius 3 is 2.69 bits per heavy atom. The maximum atomic E-state index is 12.8. The Balaban J connectivity index is 1.53. The van der Waals surface area contributed by atoms with Gasteiger partial charge >= 0.3 is 18.0 Å². The van der Waals surface area contributed by atoms with Crippen molar-refractivity contribution in [2.75, 3.05) is 25.1 Å². The minimum atomic E-state index is -4.55. The molecule has 1 aliphatic rings. The predicted octanol–water partition coefficient (Wildman–Crippen LogP) is 3.12. The quantitative estimate of drug-likeness (QED) is 0.277. The highest BCUT2D eigenvalue weighted by Crippen LogP contribution is 2.30. The fourth-order valence-electron chi connectivity index (χ4n) is 3.17. The molecule has 9 nitrogen and oxygen atoms in total. The SMILES string of the molecule is O=C(COc1ccc(Cl)cc1/C=N\NC(=O)C(=O)NC[C@H]1CCCO1)Nc1cccc(C(F)(F)F)c1. The first-order valence-electron chi connectivity index (χ1n) is 10.7. The van der Waals surface area contributed by atoms with Crippen molar-refractivity contribution in [3.8, 4) is 5.75 Å². The van der Waals surface area contributed by atoms with Crippen LogP contribution >= 0.6 is 11.6 Å². The van der Waals surface area contributed by atoms with Gasteiger partial charge < -0.3 is 20.1 Å². The lowest BCUT2D eigenvalue weighted by Crippen LogP contribution is -2.41. The molecule has 13 heteroatoms. The zero-order valence-corrected chi connectivity index (χ0v) is 19.5. The number of amides is 3. The lowest BCUT2D eigenvalue weighted by atomic mass is 10.2. The van der Waals surface area contributed by atoms with Crippen LogP contribution in [0.3, 0.4) is 0 Å². The molecule has 0 aromatic heterocycles. The summed E-state index contributed by atoms with van der Waals surface area (Å²) in [5, 5.41) is 8.79. The molecule has 1 aliphatic heterocycles. The van der Waals surface area contributed by atoms with Crippen LogP contribution in [-0.4, -0.2) is 49.8 Å². The van der Waals surface area contributed by atoms with Gasteiger partial charge in [-0.1, -0.05) is 17.7 Å². The Hall–Kier alpha value is -3.64. The molecule has 3 rings (SSSR count). The minimum Gasteiger partial charge on any atom is -0.483 e. The van der Waals surface area contributed by atoms with Gasteiger partial charge in [-0.25, -0.2) is 5.43 Å². The summed E-state index contributed by atoms with van der Waals surface area (Å²) in [6, 6.07) is 8.54. The normalized spacial score (nSPS) is 15.5. The number of hydrazone groups is 1. The molecule has 36 heavy (non-hydrogen) atoms. The van der Waals surface area contributed by atoms with Crippen molar-refractivity contribution < 1.29 is 37.0 Å². The minimum absolute atomic E-state index is 0.0446. The topological polar surface area (TPSA) is 118 Å². The van der Waals surface area contributed by atoms with E-state index in [0.717, 1.165) is 31.2 Å². The molecule has 0 radical (unpaired) electrons. The molecule has 0 unspecified atom stereocenters. The standard InChI is InChI=1S/C23H22ClF3N4O5/c24-16-6-7-19(36-13-20(32)30-17-4-1-3-15(10-17)23(25,26)27)14(9-16)11-29-31-22(34)21(33)28-12-18-5-2-8-35-18/h1,3-4,6-7,9-11,18H,2,5,8,12-13H2,(H,28,33)(H,30,32)(H,31,34)/b29-11-/t18-/m1/s1. The van der Waals surface area contributed by atoms with Crippen molar-refractivity contribution in [2.45, 2.75) is 25.1 Å². The molecule has 3 N–H and O–H groups in total. The van der Waals surface area contributed by atoms with Gasteiger partial charge in [0, 0.05) is 29.4 Å². The van der Waals surface area contributed by atoms with Crippen LogP contribution in [0.1, 0.15) is 24.0 Å². The average molecular weight is 527 g/mol. The summed E-state index contributed by atoms with van der Waals surface area (Å²) in [4.78, 5) is 35.9. The van der Waals surface area contributed by atoms with Crippen LogP contribution in [0.25, 0.3) is 0 Å². The average Bonchev–Trinajstić information content (AvgIpc) is 3.35. The zero-order valence-electron chi connectivity index (χ0n) is 18.7. The Kier molecular flexibility index (Phi) is 9.25. The Morgan fingerprint density at radius 1 is 1.17 bits per heavy atom. The highest BCUT2D eigenvalue weighted by Gasteiger charge is 2.30. The van der Waals surface area contributed by atoms with Gasteiger partial charge in [0.25, 0.3) is 5.91 Å². The molecule has 0 saturated carbocycles. The van der Waals surface area contributed by atoms with Crippen LogP contribution in [0, 0.1) is 0 Å². The van der Waals surface area contributed by atoms with E-state index in [0.29, 0.717) is 11.6 Å². The largest absolute Gasteiger partial charge is 0.483 e. The van der Waals surface area contributed by atoms with Crippen molar-refractivity contribution in [3.05, 3.63) is 58.6 Å².